The van der Waals surface area contributed by atoms with Crippen LogP contribution >= 0.6 is 0 Å². The van der Waals surface area contributed by atoms with Crippen molar-refractivity contribution < 1.29 is 28.6 Å². The first-order chi connectivity index (χ1) is 16.5. The number of methoxy groups -OCH3 is 1. The van der Waals surface area contributed by atoms with Crippen molar-refractivity contribution in [3.63, 3.8) is 0 Å². The highest BCUT2D eigenvalue weighted by molar-refractivity contribution is 5.69. The van der Waals surface area contributed by atoms with Gasteiger partial charge in [-0.05, 0) is 85.9 Å². The predicted octanol–water partition coefficient (Wildman–Crippen LogP) is 5.48. The highest BCUT2D eigenvalue weighted by atomic mass is 16.5. The Hall–Kier alpha value is -1.85. The molecule has 0 aromatic carbocycles. The molecule has 0 saturated heterocycles. The first-order valence-electron chi connectivity index (χ1n) is 13.6. The van der Waals surface area contributed by atoms with E-state index in [2.05, 4.69) is 32.9 Å². The predicted molar refractivity (Wildman–Crippen MR) is 132 cm³/mol. The minimum atomic E-state index is -0.201. The largest absolute Gasteiger partial charge is 0.469 e. The number of rotatable bonds is 6. The van der Waals surface area contributed by atoms with Crippen molar-refractivity contribution in [3.8, 4) is 0 Å². The second kappa shape index (κ2) is 9.89. The minimum absolute atomic E-state index is 0.00332. The van der Waals surface area contributed by atoms with E-state index in [0.717, 1.165) is 44.9 Å². The lowest BCUT2D eigenvalue weighted by Gasteiger charge is -2.61. The van der Waals surface area contributed by atoms with Crippen LogP contribution in [0.15, 0.2) is 12.2 Å². The summed E-state index contributed by atoms with van der Waals surface area (Å²) in [5.74, 6) is 1.95. The molecular formula is C29H44O6. The van der Waals surface area contributed by atoms with Crippen LogP contribution in [0.4, 0.5) is 0 Å². The summed E-state index contributed by atoms with van der Waals surface area (Å²) in [7, 11) is 1.45. The van der Waals surface area contributed by atoms with Gasteiger partial charge in [0, 0.05) is 25.7 Å². The summed E-state index contributed by atoms with van der Waals surface area (Å²) < 4.78 is 16.6. The Morgan fingerprint density at radius 3 is 2.34 bits per heavy atom. The number of carbonyl (C=O) groups is 3. The van der Waals surface area contributed by atoms with Crippen LogP contribution in [0.5, 0.6) is 0 Å². The van der Waals surface area contributed by atoms with Crippen molar-refractivity contribution in [2.24, 2.45) is 46.3 Å². The van der Waals surface area contributed by atoms with E-state index in [0.29, 0.717) is 41.9 Å². The van der Waals surface area contributed by atoms with Crippen molar-refractivity contribution in [2.75, 3.05) is 7.11 Å². The molecule has 0 aromatic heterocycles. The van der Waals surface area contributed by atoms with Crippen LogP contribution in [0.1, 0.15) is 86.0 Å². The number of fused-ring (bicyclic) bond motifs is 5. The van der Waals surface area contributed by atoms with E-state index in [1.165, 1.54) is 21.0 Å². The number of ether oxygens (including phenoxy) is 3. The van der Waals surface area contributed by atoms with Crippen LogP contribution in [-0.2, 0) is 28.6 Å². The first kappa shape index (κ1) is 26.2. The zero-order valence-corrected chi connectivity index (χ0v) is 22.4. The molecule has 6 heteroatoms. The summed E-state index contributed by atoms with van der Waals surface area (Å²) in [6, 6.07) is 0. The third-order valence-corrected chi connectivity index (χ3v) is 10.6. The second-order valence-corrected chi connectivity index (χ2v) is 12.3. The van der Waals surface area contributed by atoms with E-state index in [1.54, 1.807) is 0 Å². The van der Waals surface area contributed by atoms with Gasteiger partial charge >= 0.3 is 17.9 Å². The normalized spacial score (nSPS) is 42.7. The van der Waals surface area contributed by atoms with Crippen molar-refractivity contribution >= 4 is 17.9 Å². The van der Waals surface area contributed by atoms with Crippen molar-refractivity contribution in [2.45, 2.75) is 98.2 Å². The molecule has 3 fully saturated rings. The zero-order chi connectivity index (χ0) is 25.5. The molecule has 0 bridgehead atoms. The summed E-state index contributed by atoms with van der Waals surface area (Å²) in [4.78, 5) is 35.7. The Balaban J connectivity index is 1.61. The van der Waals surface area contributed by atoms with Gasteiger partial charge in [0.05, 0.1) is 7.11 Å². The third-order valence-electron chi connectivity index (χ3n) is 10.6. The molecule has 35 heavy (non-hydrogen) atoms. The topological polar surface area (TPSA) is 78.9 Å². The molecule has 10 atom stereocenters. The third kappa shape index (κ3) is 4.67. The molecule has 0 radical (unpaired) electrons. The molecule has 4 aliphatic carbocycles. The maximum Gasteiger partial charge on any atom is 0.305 e. The van der Waals surface area contributed by atoms with Gasteiger partial charge in [-0.15, -0.1) is 0 Å². The molecule has 4 aliphatic rings. The fourth-order valence-corrected chi connectivity index (χ4v) is 8.85. The van der Waals surface area contributed by atoms with Crippen LogP contribution < -0.4 is 0 Å². The van der Waals surface area contributed by atoms with Gasteiger partial charge in [0.1, 0.15) is 12.2 Å². The molecular weight excluding hydrogens is 444 g/mol. The summed E-state index contributed by atoms with van der Waals surface area (Å²) in [5, 5.41) is 0. The maximum absolute atomic E-state index is 12.3. The van der Waals surface area contributed by atoms with Crippen LogP contribution in [0.25, 0.3) is 0 Å². The van der Waals surface area contributed by atoms with Crippen LogP contribution in [-0.4, -0.2) is 37.2 Å². The lowest BCUT2D eigenvalue weighted by molar-refractivity contribution is -0.183. The molecule has 0 amide bonds. The minimum Gasteiger partial charge on any atom is -0.469 e. The Morgan fingerprint density at radius 1 is 0.971 bits per heavy atom. The van der Waals surface area contributed by atoms with Gasteiger partial charge in [-0.25, -0.2) is 0 Å². The standard InChI is InChI=1S/C29H44O6/c1-17(7-12-27(32)33-6)23-10-11-24-22-9-8-20-15-21(34-18(2)30)13-14-28(20,4)25(22)16-26(29(23,24)5)35-19(3)31/h8-9,17,20-26H,7,10-16H2,1-6H3. The fraction of sp³-hybridized carbons (Fsp3) is 0.828. The SMILES string of the molecule is COC(=O)CCC(C)C1CCC2C3C=CC4CC(OC(C)=O)CCC4(C)C3CC(OC(C)=O)C12C. The average molecular weight is 489 g/mol. The number of hydrogen-bond donors (Lipinski definition) is 0. The molecule has 6 nitrogen and oxygen atoms in total. The van der Waals surface area contributed by atoms with Gasteiger partial charge in [-0.3, -0.25) is 14.4 Å². The van der Waals surface area contributed by atoms with E-state index in [1.807, 2.05) is 0 Å². The van der Waals surface area contributed by atoms with Crippen LogP contribution in [0, 0.1) is 46.3 Å². The highest BCUT2D eigenvalue weighted by Crippen LogP contribution is 2.67. The van der Waals surface area contributed by atoms with E-state index >= 15 is 0 Å². The van der Waals surface area contributed by atoms with Crippen molar-refractivity contribution in [1.29, 1.82) is 0 Å². The molecule has 0 heterocycles. The van der Waals surface area contributed by atoms with Gasteiger partial charge < -0.3 is 14.2 Å². The van der Waals surface area contributed by atoms with Gasteiger partial charge in [0.2, 0.25) is 0 Å². The Morgan fingerprint density at radius 2 is 1.69 bits per heavy atom. The van der Waals surface area contributed by atoms with Gasteiger partial charge in [-0.1, -0.05) is 32.9 Å². The lowest BCUT2D eigenvalue weighted by atomic mass is 9.45. The molecule has 10 unspecified atom stereocenters. The Bertz CT molecular complexity index is 865. The van der Waals surface area contributed by atoms with Gasteiger partial charge in [0.15, 0.2) is 0 Å². The molecule has 4 rings (SSSR count). The molecule has 0 N–H and O–H groups in total. The van der Waals surface area contributed by atoms with Crippen LogP contribution in [0.3, 0.4) is 0 Å². The summed E-state index contributed by atoms with van der Waals surface area (Å²) in [6.45, 7) is 10.1. The van der Waals surface area contributed by atoms with Crippen molar-refractivity contribution in [1.82, 2.24) is 0 Å². The molecule has 0 aliphatic heterocycles. The van der Waals surface area contributed by atoms with E-state index in [9.17, 15) is 14.4 Å². The highest BCUT2D eigenvalue weighted by Gasteiger charge is 2.64. The number of esters is 3. The summed E-state index contributed by atoms with van der Waals surface area (Å²) >= 11 is 0. The van der Waals surface area contributed by atoms with E-state index in [4.69, 9.17) is 14.2 Å². The fourth-order valence-electron chi connectivity index (χ4n) is 8.85. The smallest absolute Gasteiger partial charge is 0.305 e. The van der Waals surface area contributed by atoms with E-state index < -0.39 is 0 Å². The second-order valence-electron chi connectivity index (χ2n) is 12.3. The van der Waals surface area contributed by atoms with Gasteiger partial charge in [0.25, 0.3) is 0 Å². The number of hydrogen-bond acceptors (Lipinski definition) is 6. The Kier molecular flexibility index (Phi) is 7.41. The molecule has 3 saturated carbocycles. The molecule has 0 spiro atoms. The summed E-state index contributed by atoms with van der Waals surface area (Å²) in [6.07, 6.45) is 11.9. The summed E-state index contributed by atoms with van der Waals surface area (Å²) in [5.41, 5.74) is 0.00916. The van der Waals surface area contributed by atoms with E-state index in [-0.39, 0.29) is 40.9 Å². The lowest BCUT2D eigenvalue weighted by Crippen LogP contribution is -2.58. The number of carbonyl (C=O) groups excluding carboxylic acids is 3. The first-order valence-corrected chi connectivity index (χ1v) is 13.6. The van der Waals surface area contributed by atoms with Crippen LogP contribution in [0.2, 0.25) is 0 Å². The molecule has 196 valence electrons. The monoisotopic (exact) mass is 488 g/mol. The maximum atomic E-state index is 12.3. The zero-order valence-electron chi connectivity index (χ0n) is 22.4. The quantitative estimate of drug-likeness (QED) is 0.280. The average Bonchev–Trinajstić information content (AvgIpc) is 3.16. The number of allylic oxidation sites excluding steroid dienone is 2. The molecule has 0 aromatic rings. The van der Waals surface area contributed by atoms with Crippen molar-refractivity contribution in [3.05, 3.63) is 12.2 Å². The van der Waals surface area contributed by atoms with Gasteiger partial charge in [-0.2, -0.15) is 0 Å². The Labute approximate surface area is 210 Å².